The lowest BCUT2D eigenvalue weighted by atomic mass is 9.92. The van der Waals surface area contributed by atoms with Gasteiger partial charge in [0.15, 0.2) is 0 Å². The van der Waals surface area contributed by atoms with Gasteiger partial charge >= 0.3 is 0 Å². The molecule has 5 N–H and O–H groups in total. The number of sulfonamides is 1. The summed E-state index contributed by atoms with van der Waals surface area (Å²) in [7, 11) is -4.12. The van der Waals surface area contributed by atoms with Crippen LogP contribution in [0.5, 0.6) is 0 Å². The summed E-state index contributed by atoms with van der Waals surface area (Å²) in [6, 6.07) is 13.6. The second-order valence-electron chi connectivity index (χ2n) is 6.38. The van der Waals surface area contributed by atoms with E-state index in [1.807, 2.05) is 6.07 Å². The van der Waals surface area contributed by atoms with E-state index >= 15 is 0 Å². The van der Waals surface area contributed by atoms with Gasteiger partial charge in [-0.2, -0.15) is 0 Å². The van der Waals surface area contributed by atoms with E-state index in [0.29, 0.717) is 0 Å². The number of carbonyl (C=O) groups excluding carboxylic acids is 2. The van der Waals surface area contributed by atoms with Gasteiger partial charge in [0.05, 0.1) is 4.90 Å². The predicted molar refractivity (Wildman–Crippen MR) is 105 cm³/mol. The van der Waals surface area contributed by atoms with Crippen LogP contribution >= 0.6 is 0 Å². The summed E-state index contributed by atoms with van der Waals surface area (Å²) >= 11 is 0. The highest BCUT2D eigenvalue weighted by atomic mass is 32.2. The van der Waals surface area contributed by atoms with Crippen LogP contribution in [0.4, 0.5) is 0 Å². The maximum atomic E-state index is 12.7. The van der Waals surface area contributed by atoms with Crippen molar-refractivity contribution in [2.45, 2.75) is 37.2 Å². The maximum absolute atomic E-state index is 12.7. The molecule has 8 nitrogen and oxygen atoms in total. The molecule has 9 heteroatoms. The van der Waals surface area contributed by atoms with E-state index in [1.165, 1.54) is 12.1 Å². The number of benzene rings is 2. The molecule has 2 aromatic rings. The van der Waals surface area contributed by atoms with E-state index in [1.54, 1.807) is 43.3 Å². The number of primary amides is 1. The summed E-state index contributed by atoms with van der Waals surface area (Å²) in [4.78, 5) is 26.5. The average molecular weight is 404 g/mol. The second-order valence-corrected chi connectivity index (χ2v) is 8.04. The number of nitrogens with zero attached hydrogens (tertiary/aromatic N) is 1. The molecule has 2 rings (SSSR count). The van der Waals surface area contributed by atoms with Crippen molar-refractivity contribution in [2.75, 3.05) is 0 Å². The van der Waals surface area contributed by atoms with Crippen LogP contribution < -0.4 is 16.3 Å². The van der Waals surface area contributed by atoms with Crippen molar-refractivity contribution >= 4 is 21.8 Å². The molecule has 2 unspecified atom stereocenters. The molecule has 0 fully saturated rings. The lowest BCUT2D eigenvalue weighted by molar-refractivity contribution is -0.140. The maximum Gasteiger partial charge on any atom is 0.257 e. The number of rotatable bonds is 8. The minimum Gasteiger partial charge on any atom is -0.368 e. The molecule has 2 atom stereocenters. The van der Waals surface area contributed by atoms with Gasteiger partial charge in [0.2, 0.25) is 11.8 Å². The number of hydrogen-bond acceptors (Lipinski definition) is 5. The fraction of sp³-hybridized carbons (Fsp3) is 0.263. The Kier molecular flexibility index (Phi) is 6.90. The number of hydrazine groups is 1. The normalized spacial score (nSPS) is 13.5. The smallest absolute Gasteiger partial charge is 0.257 e. The summed E-state index contributed by atoms with van der Waals surface area (Å²) in [6.45, 7) is 3.13. The Bertz CT molecular complexity index is 930. The molecular formula is C19H24N4O4S. The largest absolute Gasteiger partial charge is 0.368 e. The van der Waals surface area contributed by atoms with Gasteiger partial charge in [-0.1, -0.05) is 49.4 Å². The van der Waals surface area contributed by atoms with Gasteiger partial charge in [0.25, 0.3) is 10.0 Å². The zero-order chi connectivity index (χ0) is 20.9. The molecule has 2 aromatic carbocycles. The first-order chi connectivity index (χ1) is 13.2. The van der Waals surface area contributed by atoms with Crippen LogP contribution in [0.25, 0.3) is 0 Å². The summed E-state index contributed by atoms with van der Waals surface area (Å²) in [5, 5.41) is 0.770. The third kappa shape index (κ3) is 4.94. The van der Waals surface area contributed by atoms with Crippen LogP contribution in [-0.2, 0) is 26.2 Å². The zero-order valence-corrected chi connectivity index (χ0v) is 16.5. The molecule has 0 aliphatic rings. The molecule has 2 amide bonds. The van der Waals surface area contributed by atoms with Crippen LogP contribution in [0, 0.1) is 0 Å². The van der Waals surface area contributed by atoms with Gasteiger partial charge in [0.1, 0.15) is 6.04 Å². The molecule has 0 aromatic heterocycles. The Balaban J connectivity index is 2.38. The van der Waals surface area contributed by atoms with Crippen LogP contribution in [0.1, 0.15) is 30.9 Å². The van der Waals surface area contributed by atoms with Gasteiger partial charge in [-0.3, -0.25) is 14.6 Å². The molecule has 28 heavy (non-hydrogen) atoms. The first kappa shape index (κ1) is 21.5. The molecule has 0 heterocycles. The number of nitrogens with two attached hydrogens (primary N) is 2. The van der Waals surface area contributed by atoms with E-state index in [4.69, 9.17) is 11.5 Å². The van der Waals surface area contributed by atoms with Crippen LogP contribution in [-0.4, -0.2) is 31.3 Å². The Morgan fingerprint density at radius 2 is 1.64 bits per heavy atom. The van der Waals surface area contributed by atoms with Crippen LogP contribution in [0.2, 0.25) is 0 Å². The standard InChI is InChI=1S/C19H24N4O4S/c1-13(16-6-4-3-5-7-16)18(19(21)25)23(14(2)24)22-28(26,27)17-10-8-15(12-20)9-11-17/h3-11,13,18,22H,12,20H2,1-2H3,(H2,21,25). The summed E-state index contributed by atoms with van der Waals surface area (Å²) in [6.07, 6.45) is 0. The number of nitrogens with one attached hydrogen (secondary N) is 1. The van der Waals surface area contributed by atoms with Crippen molar-refractivity contribution in [1.82, 2.24) is 9.84 Å². The van der Waals surface area contributed by atoms with Gasteiger partial charge in [-0.25, -0.2) is 8.42 Å². The molecular weight excluding hydrogens is 380 g/mol. The third-order valence-electron chi connectivity index (χ3n) is 4.40. The Morgan fingerprint density at radius 1 is 1.07 bits per heavy atom. The first-order valence-corrected chi connectivity index (χ1v) is 10.1. The highest BCUT2D eigenvalue weighted by Gasteiger charge is 2.35. The van der Waals surface area contributed by atoms with Gasteiger partial charge in [-0.05, 0) is 23.3 Å². The minimum absolute atomic E-state index is 0.0634. The molecule has 0 saturated heterocycles. The molecule has 150 valence electrons. The second kappa shape index (κ2) is 8.96. The fourth-order valence-corrected chi connectivity index (χ4v) is 3.94. The lowest BCUT2D eigenvalue weighted by Gasteiger charge is -2.32. The van der Waals surface area contributed by atoms with E-state index in [0.717, 1.165) is 23.1 Å². The quantitative estimate of drug-likeness (QED) is 0.560. The van der Waals surface area contributed by atoms with Crippen molar-refractivity contribution in [3.63, 3.8) is 0 Å². The van der Waals surface area contributed by atoms with E-state index < -0.39 is 33.8 Å². The van der Waals surface area contributed by atoms with Crippen molar-refractivity contribution in [3.05, 3.63) is 65.7 Å². The summed E-state index contributed by atoms with van der Waals surface area (Å²) in [5.41, 5.74) is 12.5. The molecule has 0 aliphatic carbocycles. The van der Waals surface area contributed by atoms with Crippen LogP contribution in [0.3, 0.4) is 0 Å². The molecule has 0 bridgehead atoms. The van der Waals surface area contributed by atoms with Gasteiger partial charge in [-0.15, -0.1) is 4.83 Å². The van der Waals surface area contributed by atoms with Crippen molar-refractivity contribution in [1.29, 1.82) is 0 Å². The monoisotopic (exact) mass is 404 g/mol. The predicted octanol–water partition coefficient (Wildman–Crippen LogP) is 0.845. The number of carbonyl (C=O) groups is 2. The number of amides is 2. The van der Waals surface area contributed by atoms with E-state index in [2.05, 4.69) is 4.83 Å². The van der Waals surface area contributed by atoms with E-state index in [9.17, 15) is 18.0 Å². The van der Waals surface area contributed by atoms with E-state index in [-0.39, 0.29) is 11.4 Å². The van der Waals surface area contributed by atoms with Gasteiger partial charge < -0.3 is 11.5 Å². The Labute approximate surface area is 164 Å². The fourth-order valence-electron chi connectivity index (χ4n) is 2.84. The molecule has 0 saturated carbocycles. The third-order valence-corrected chi connectivity index (χ3v) is 5.73. The highest BCUT2D eigenvalue weighted by molar-refractivity contribution is 7.89. The van der Waals surface area contributed by atoms with Crippen molar-refractivity contribution < 1.29 is 18.0 Å². The zero-order valence-electron chi connectivity index (χ0n) is 15.7. The number of hydrogen-bond donors (Lipinski definition) is 3. The summed E-state index contributed by atoms with van der Waals surface area (Å²) < 4.78 is 25.5. The van der Waals surface area contributed by atoms with Crippen LogP contribution in [0.15, 0.2) is 59.5 Å². The topological polar surface area (TPSA) is 136 Å². The highest BCUT2D eigenvalue weighted by Crippen LogP contribution is 2.23. The Morgan fingerprint density at radius 3 is 2.11 bits per heavy atom. The summed E-state index contributed by atoms with van der Waals surface area (Å²) in [5.74, 6) is -2.02. The minimum atomic E-state index is -4.12. The first-order valence-electron chi connectivity index (χ1n) is 8.63. The van der Waals surface area contributed by atoms with Crippen molar-refractivity contribution in [3.8, 4) is 0 Å². The molecule has 0 radical (unpaired) electrons. The Hall–Kier alpha value is -2.75. The van der Waals surface area contributed by atoms with Gasteiger partial charge in [0, 0.05) is 19.4 Å². The molecule has 0 aliphatic heterocycles. The average Bonchev–Trinajstić information content (AvgIpc) is 2.67. The van der Waals surface area contributed by atoms with Crippen molar-refractivity contribution in [2.24, 2.45) is 11.5 Å². The SMILES string of the molecule is CC(=O)N(NS(=O)(=O)c1ccc(CN)cc1)C(C(N)=O)C(C)c1ccccc1. The lowest BCUT2D eigenvalue weighted by Crippen LogP contribution is -2.57. The molecule has 0 spiro atoms.